The Morgan fingerprint density at radius 3 is 2.71 bits per heavy atom. The molecule has 0 bridgehead atoms. The number of nitrogens with zero attached hydrogens (tertiary/aromatic N) is 2. The predicted molar refractivity (Wildman–Crippen MR) is 125 cm³/mol. The number of furan rings is 1. The van der Waals surface area contributed by atoms with E-state index in [9.17, 15) is 10.1 Å². The van der Waals surface area contributed by atoms with Crippen molar-refractivity contribution in [1.29, 1.82) is 5.26 Å². The summed E-state index contributed by atoms with van der Waals surface area (Å²) in [5.74, 6) is -0.0837. The number of fused-ring (bicyclic) bond motifs is 2. The molecular weight excluding hydrogens is 430 g/mol. The molecule has 3 heterocycles. The van der Waals surface area contributed by atoms with Crippen molar-refractivity contribution >= 4 is 45.6 Å². The van der Waals surface area contributed by atoms with Gasteiger partial charge >= 0.3 is 0 Å². The molecule has 5 nitrogen and oxygen atoms in total. The van der Waals surface area contributed by atoms with Crippen LogP contribution in [0.3, 0.4) is 0 Å². The number of carbonyl (C=O) groups excluding carboxylic acids is 1. The van der Waals surface area contributed by atoms with E-state index in [2.05, 4.69) is 40.6 Å². The molecule has 1 amide bonds. The van der Waals surface area contributed by atoms with E-state index in [1.54, 1.807) is 6.07 Å². The molecule has 0 fully saturated rings. The van der Waals surface area contributed by atoms with Gasteiger partial charge in [0.05, 0.1) is 5.56 Å². The second-order valence-electron chi connectivity index (χ2n) is 7.37. The lowest BCUT2D eigenvalue weighted by Gasteiger charge is -2.26. The van der Waals surface area contributed by atoms with E-state index < -0.39 is 0 Å². The number of carbonyl (C=O) groups is 1. The summed E-state index contributed by atoms with van der Waals surface area (Å²) in [6.07, 6.45) is 0.808. The Morgan fingerprint density at radius 2 is 1.94 bits per heavy atom. The highest BCUT2D eigenvalue weighted by molar-refractivity contribution is 7.16. The number of rotatable bonds is 4. The standard InChI is InChI=1S/C24H19N3O2S.ClH/c25-13-19-18-10-11-27(14-16-6-2-1-3-7-16)15-22(18)30-24(19)26-23(28)21-12-17-8-4-5-9-20(17)29-21;/h1-9,12H,10-11,14-15H2,(H,26,28);1H. The zero-order valence-corrected chi connectivity index (χ0v) is 18.3. The van der Waals surface area contributed by atoms with E-state index in [4.69, 9.17) is 4.42 Å². The topological polar surface area (TPSA) is 69.3 Å². The minimum atomic E-state index is -0.331. The maximum atomic E-state index is 12.8. The monoisotopic (exact) mass is 449 g/mol. The zero-order valence-electron chi connectivity index (χ0n) is 16.6. The van der Waals surface area contributed by atoms with Gasteiger partial charge in [-0.15, -0.1) is 23.7 Å². The van der Waals surface area contributed by atoms with E-state index in [-0.39, 0.29) is 24.1 Å². The van der Waals surface area contributed by atoms with Gasteiger partial charge in [-0.2, -0.15) is 5.26 Å². The fraction of sp³-hybridized carbons (Fsp3) is 0.167. The van der Waals surface area contributed by atoms with Crippen LogP contribution in [0.1, 0.15) is 32.1 Å². The van der Waals surface area contributed by atoms with E-state index in [1.165, 1.54) is 16.9 Å². The molecule has 0 unspecified atom stereocenters. The molecule has 0 aliphatic carbocycles. The summed E-state index contributed by atoms with van der Waals surface area (Å²) in [7, 11) is 0. The van der Waals surface area contributed by atoms with Crippen LogP contribution in [-0.4, -0.2) is 17.4 Å². The molecule has 0 radical (unpaired) electrons. The third-order valence-corrected chi connectivity index (χ3v) is 6.51. The summed E-state index contributed by atoms with van der Waals surface area (Å²) in [5, 5.41) is 14.1. The number of halogens is 1. The Bertz CT molecular complexity index is 1240. The van der Waals surface area contributed by atoms with Gasteiger partial charge in [-0.3, -0.25) is 9.69 Å². The molecular formula is C24H20ClN3O2S. The molecule has 2 aromatic heterocycles. The molecule has 1 aliphatic rings. The Labute approximate surface area is 190 Å². The van der Waals surface area contributed by atoms with Crippen molar-refractivity contribution < 1.29 is 9.21 Å². The van der Waals surface area contributed by atoms with Crippen LogP contribution in [0.2, 0.25) is 0 Å². The molecule has 1 aliphatic heterocycles. The number of thiophene rings is 1. The van der Waals surface area contributed by atoms with E-state index in [0.717, 1.165) is 41.9 Å². The Hall–Kier alpha value is -3.11. The van der Waals surface area contributed by atoms with Crippen LogP contribution >= 0.6 is 23.7 Å². The van der Waals surface area contributed by atoms with Crippen molar-refractivity contribution in [1.82, 2.24) is 4.90 Å². The van der Waals surface area contributed by atoms with Crippen molar-refractivity contribution in [2.45, 2.75) is 19.5 Å². The Balaban J connectivity index is 0.00000231. The number of hydrogen-bond acceptors (Lipinski definition) is 5. The van der Waals surface area contributed by atoms with Crippen molar-refractivity contribution in [3.63, 3.8) is 0 Å². The summed E-state index contributed by atoms with van der Waals surface area (Å²) < 4.78 is 5.66. The number of benzene rings is 2. The molecule has 156 valence electrons. The molecule has 2 aromatic carbocycles. The second kappa shape index (κ2) is 8.94. The van der Waals surface area contributed by atoms with Crippen LogP contribution < -0.4 is 5.32 Å². The summed E-state index contributed by atoms with van der Waals surface area (Å²) >= 11 is 1.49. The van der Waals surface area contributed by atoms with Gasteiger partial charge in [-0.05, 0) is 29.7 Å². The zero-order chi connectivity index (χ0) is 20.5. The van der Waals surface area contributed by atoms with Gasteiger partial charge in [-0.1, -0.05) is 48.5 Å². The molecule has 0 saturated heterocycles. The van der Waals surface area contributed by atoms with Crippen LogP contribution in [0, 0.1) is 11.3 Å². The molecule has 0 atom stereocenters. The van der Waals surface area contributed by atoms with Gasteiger partial charge in [0.25, 0.3) is 5.91 Å². The number of nitrogens with one attached hydrogen (secondary N) is 1. The fourth-order valence-electron chi connectivity index (χ4n) is 3.90. The first kappa shape index (κ1) is 21.1. The largest absolute Gasteiger partial charge is 0.451 e. The van der Waals surface area contributed by atoms with Crippen LogP contribution in [0.4, 0.5) is 5.00 Å². The maximum Gasteiger partial charge on any atom is 0.292 e. The van der Waals surface area contributed by atoms with Gasteiger partial charge in [-0.25, -0.2) is 0 Å². The van der Waals surface area contributed by atoms with Crippen LogP contribution in [0.5, 0.6) is 0 Å². The lowest BCUT2D eigenvalue weighted by atomic mass is 10.0. The SMILES string of the molecule is Cl.N#Cc1c(NC(=O)c2cc3ccccc3o2)sc2c1CCN(Cc1ccccc1)C2. The number of anilines is 1. The van der Waals surface area contributed by atoms with E-state index >= 15 is 0 Å². The molecule has 7 heteroatoms. The molecule has 0 spiro atoms. The number of hydrogen-bond donors (Lipinski definition) is 1. The van der Waals surface area contributed by atoms with Crippen molar-refractivity contribution in [3.05, 3.63) is 88.0 Å². The second-order valence-corrected chi connectivity index (χ2v) is 8.47. The fourth-order valence-corrected chi connectivity index (χ4v) is 5.13. The lowest BCUT2D eigenvalue weighted by Crippen LogP contribution is -2.29. The molecule has 0 saturated carbocycles. The van der Waals surface area contributed by atoms with Gasteiger partial charge < -0.3 is 9.73 Å². The highest BCUT2D eigenvalue weighted by Gasteiger charge is 2.26. The smallest absolute Gasteiger partial charge is 0.292 e. The third-order valence-electron chi connectivity index (χ3n) is 5.37. The Morgan fingerprint density at radius 1 is 1.16 bits per heavy atom. The van der Waals surface area contributed by atoms with E-state index in [0.29, 0.717) is 16.1 Å². The highest BCUT2D eigenvalue weighted by Crippen LogP contribution is 2.37. The summed E-state index contributed by atoms with van der Waals surface area (Å²) in [6, 6.07) is 21.9. The number of amides is 1. The minimum absolute atomic E-state index is 0. The Kier molecular flexibility index (Phi) is 6.10. The van der Waals surface area contributed by atoms with Crippen LogP contribution in [0.15, 0.2) is 65.1 Å². The van der Waals surface area contributed by atoms with Crippen LogP contribution in [0.25, 0.3) is 11.0 Å². The van der Waals surface area contributed by atoms with Gasteiger partial charge in [0, 0.05) is 29.9 Å². The average molecular weight is 450 g/mol. The number of nitriles is 1. The van der Waals surface area contributed by atoms with Gasteiger partial charge in [0.15, 0.2) is 5.76 Å². The average Bonchev–Trinajstić information content (AvgIpc) is 3.35. The van der Waals surface area contributed by atoms with Crippen molar-refractivity contribution in [3.8, 4) is 6.07 Å². The first-order valence-corrected chi connectivity index (χ1v) is 10.6. The van der Waals surface area contributed by atoms with Gasteiger partial charge in [0.1, 0.15) is 16.7 Å². The van der Waals surface area contributed by atoms with Crippen molar-refractivity contribution in [2.24, 2.45) is 0 Å². The highest BCUT2D eigenvalue weighted by atomic mass is 35.5. The lowest BCUT2D eigenvalue weighted by molar-refractivity contribution is 0.0999. The van der Waals surface area contributed by atoms with Crippen LogP contribution in [-0.2, 0) is 19.5 Å². The molecule has 31 heavy (non-hydrogen) atoms. The predicted octanol–water partition coefficient (Wildman–Crippen LogP) is 5.60. The minimum Gasteiger partial charge on any atom is -0.451 e. The summed E-state index contributed by atoms with van der Waals surface area (Å²) in [4.78, 5) is 16.3. The normalized spacial score (nSPS) is 13.3. The molecule has 5 rings (SSSR count). The van der Waals surface area contributed by atoms with Gasteiger partial charge in [0.2, 0.25) is 0 Å². The maximum absolute atomic E-state index is 12.8. The van der Waals surface area contributed by atoms with Crippen molar-refractivity contribution in [2.75, 3.05) is 11.9 Å². The first-order chi connectivity index (χ1) is 14.7. The quantitative estimate of drug-likeness (QED) is 0.440. The summed E-state index contributed by atoms with van der Waals surface area (Å²) in [5.41, 5.74) is 3.59. The van der Waals surface area contributed by atoms with E-state index in [1.807, 2.05) is 30.3 Å². The summed E-state index contributed by atoms with van der Waals surface area (Å²) in [6.45, 7) is 2.55. The molecule has 4 aromatic rings. The molecule has 1 N–H and O–H groups in total. The first-order valence-electron chi connectivity index (χ1n) is 9.82. The third kappa shape index (κ3) is 4.21. The number of para-hydroxylation sites is 1.